The van der Waals surface area contributed by atoms with Crippen molar-refractivity contribution in [3.8, 4) is 0 Å². The highest BCUT2D eigenvalue weighted by molar-refractivity contribution is 5.95. The number of anilines is 1. The number of hydrogen-bond donors (Lipinski definition) is 1. The Balaban J connectivity index is 1.64. The van der Waals surface area contributed by atoms with Crippen molar-refractivity contribution in [3.05, 3.63) is 24.0 Å². The predicted molar refractivity (Wildman–Crippen MR) is 98.6 cm³/mol. The summed E-state index contributed by atoms with van der Waals surface area (Å²) in [5.41, 5.74) is -1.06. The number of rotatable bonds is 3. The molecular formula is C18H25F2N5O3. The van der Waals surface area contributed by atoms with Crippen LogP contribution in [0.15, 0.2) is 18.3 Å². The second-order valence-corrected chi connectivity index (χ2v) is 7.34. The lowest BCUT2D eigenvalue weighted by molar-refractivity contribution is -0.161. The van der Waals surface area contributed by atoms with Crippen molar-refractivity contribution in [1.29, 1.82) is 0 Å². The van der Waals surface area contributed by atoms with Gasteiger partial charge in [-0.2, -0.15) is 0 Å². The molecule has 2 aliphatic heterocycles. The average molecular weight is 397 g/mol. The van der Waals surface area contributed by atoms with Crippen LogP contribution in [-0.2, 0) is 4.74 Å². The quantitative estimate of drug-likeness (QED) is 0.833. The van der Waals surface area contributed by atoms with Crippen molar-refractivity contribution < 1.29 is 23.1 Å². The zero-order valence-corrected chi connectivity index (χ0v) is 16.0. The van der Waals surface area contributed by atoms with Crippen LogP contribution in [0.2, 0.25) is 0 Å². The Morgan fingerprint density at radius 1 is 1.21 bits per heavy atom. The van der Waals surface area contributed by atoms with Crippen LogP contribution in [0.1, 0.15) is 17.4 Å². The number of morpholine rings is 1. The third-order valence-corrected chi connectivity index (χ3v) is 5.07. The molecule has 3 rings (SSSR count). The van der Waals surface area contributed by atoms with Crippen molar-refractivity contribution in [2.75, 3.05) is 58.2 Å². The van der Waals surface area contributed by atoms with E-state index in [0.717, 1.165) is 13.1 Å². The molecule has 2 saturated heterocycles. The summed E-state index contributed by atoms with van der Waals surface area (Å²) in [6.45, 7) is 4.15. The molecular weight excluding hydrogens is 372 g/mol. The van der Waals surface area contributed by atoms with Crippen LogP contribution >= 0.6 is 0 Å². The van der Waals surface area contributed by atoms with Crippen LogP contribution in [0.3, 0.4) is 0 Å². The van der Waals surface area contributed by atoms with Crippen molar-refractivity contribution in [1.82, 2.24) is 19.7 Å². The number of halogens is 2. The van der Waals surface area contributed by atoms with Gasteiger partial charge in [0.25, 0.3) is 12.3 Å². The number of carbonyl (C=O) groups is 2. The number of hydrogen-bond acceptors (Lipinski definition) is 5. The van der Waals surface area contributed by atoms with E-state index in [9.17, 15) is 18.4 Å². The van der Waals surface area contributed by atoms with E-state index < -0.39 is 18.1 Å². The van der Waals surface area contributed by atoms with Crippen LogP contribution in [-0.4, -0.2) is 96.6 Å². The number of alkyl halides is 2. The van der Waals surface area contributed by atoms with Crippen LogP contribution in [0.25, 0.3) is 0 Å². The lowest BCUT2D eigenvalue weighted by Crippen LogP contribution is -2.56. The first-order chi connectivity index (χ1) is 13.3. The van der Waals surface area contributed by atoms with E-state index in [1.807, 2.05) is 7.05 Å². The van der Waals surface area contributed by atoms with Crippen LogP contribution in [0.4, 0.5) is 19.3 Å². The largest absolute Gasteiger partial charge is 0.366 e. The van der Waals surface area contributed by atoms with E-state index in [2.05, 4.69) is 15.2 Å². The molecule has 2 aliphatic rings. The maximum Gasteiger partial charge on any atom is 0.322 e. The lowest BCUT2D eigenvalue weighted by Gasteiger charge is -2.39. The van der Waals surface area contributed by atoms with E-state index in [1.54, 1.807) is 11.0 Å². The molecule has 0 radical (unpaired) electrons. The molecule has 0 aromatic carbocycles. The topological polar surface area (TPSA) is 78.0 Å². The number of piperazine rings is 1. The van der Waals surface area contributed by atoms with E-state index in [0.29, 0.717) is 18.8 Å². The first-order valence-corrected chi connectivity index (χ1v) is 9.20. The third-order valence-electron chi connectivity index (χ3n) is 5.07. The van der Waals surface area contributed by atoms with Crippen LogP contribution in [0.5, 0.6) is 0 Å². The summed E-state index contributed by atoms with van der Waals surface area (Å²) in [6, 6.07) is 2.55. The van der Waals surface area contributed by atoms with Gasteiger partial charge in [-0.3, -0.25) is 9.78 Å². The van der Waals surface area contributed by atoms with Gasteiger partial charge in [0.2, 0.25) is 0 Å². The van der Waals surface area contributed by atoms with Gasteiger partial charge in [-0.25, -0.2) is 13.6 Å². The third kappa shape index (κ3) is 4.56. The van der Waals surface area contributed by atoms with Gasteiger partial charge in [0.1, 0.15) is 11.3 Å². The Morgan fingerprint density at radius 3 is 2.61 bits per heavy atom. The van der Waals surface area contributed by atoms with Gasteiger partial charge >= 0.3 is 6.03 Å². The van der Waals surface area contributed by atoms with Crippen molar-refractivity contribution in [2.45, 2.75) is 19.0 Å². The summed E-state index contributed by atoms with van der Waals surface area (Å²) in [5, 5.41) is 2.66. The summed E-state index contributed by atoms with van der Waals surface area (Å²) in [6.07, 6.45) is -1.25. The second kappa shape index (κ2) is 8.36. The molecule has 154 valence electrons. The molecule has 1 unspecified atom stereocenters. The summed E-state index contributed by atoms with van der Waals surface area (Å²) in [7, 11) is 2.00. The van der Waals surface area contributed by atoms with Crippen LogP contribution < -0.4 is 5.32 Å². The molecule has 8 nitrogen and oxygen atoms in total. The number of likely N-dealkylation sites (N-methyl/N-ethyl adjacent to an activating group) is 1. The first-order valence-electron chi connectivity index (χ1n) is 9.20. The van der Waals surface area contributed by atoms with Crippen LogP contribution in [0, 0.1) is 0 Å². The van der Waals surface area contributed by atoms with Gasteiger partial charge in [-0.1, -0.05) is 0 Å². The number of pyridine rings is 1. The fourth-order valence-electron chi connectivity index (χ4n) is 3.20. The van der Waals surface area contributed by atoms with Crippen molar-refractivity contribution in [3.63, 3.8) is 0 Å². The molecule has 0 spiro atoms. The Morgan fingerprint density at radius 2 is 1.93 bits per heavy atom. The van der Waals surface area contributed by atoms with E-state index in [1.165, 1.54) is 24.1 Å². The van der Waals surface area contributed by atoms with Crippen molar-refractivity contribution in [2.24, 2.45) is 0 Å². The molecule has 10 heteroatoms. The SMILES string of the molecule is CN1CCN(C(=O)c2cc(NC(=O)N3CCOC(C)(C(F)F)C3)ccn2)CC1. The summed E-state index contributed by atoms with van der Waals surface area (Å²) >= 11 is 0. The molecule has 0 bridgehead atoms. The Bertz CT molecular complexity index is 727. The molecule has 1 aromatic heterocycles. The minimum atomic E-state index is -2.70. The van der Waals surface area contributed by atoms with E-state index >= 15 is 0 Å². The highest BCUT2D eigenvalue weighted by atomic mass is 19.3. The molecule has 28 heavy (non-hydrogen) atoms. The Labute approximate surface area is 162 Å². The molecule has 1 aromatic rings. The monoisotopic (exact) mass is 397 g/mol. The molecule has 0 aliphatic carbocycles. The van der Waals surface area contributed by atoms with Gasteiger partial charge in [0.15, 0.2) is 0 Å². The first kappa shape index (κ1) is 20.4. The maximum atomic E-state index is 13.2. The zero-order valence-electron chi connectivity index (χ0n) is 16.0. The molecule has 3 heterocycles. The molecule has 1 atom stereocenters. The summed E-state index contributed by atoms with van der Waals surface area (Å²) in [5.74, 6) is -0.194. The number of amides is 3. The highest BCUT2D eigenvalue weighted by Gasteiger charge is 2.42. The maximum absolute atomic E-state index is 13.2. The average Bonchev–Trinajstić information content (AvgIpc) is 2.68. The number of nitrogens with one attached hydrogen (secondary N) is 1. The normalized spacial score (nSPS) is 23.8. The molecule has 2 fully saturated rings. The molecule has 0 saturated carbocycles. The number of urea groups is 1. The fraction of sp³-hybridized carbons (Fsp3) is 0.611. The minimum absolute atomic E-state index is 0.0394. The minimum Gasteiger partial charge on any atom is -0.366 e. The highest BCUT2D eigenvalue weighted by Crippen LogP contribution is 2.25. The van der Waals surface area contributed by atoms with Gasteiger partial charge < -0.3 is 24.8 Å². The smallest absolute Gasteiger partial charge is 0.322 e. The van der Waals surface area contributed by atoms with Gasteiger partial charge in [0, 0.05) is 44.6 Å². The van der Waals surface area contributed by atoms with Gasteiger partial charge in [-0.05, 0) is 26.1 Å². The number of carbonyl (C=O) groups excluding carboxylic acids is 2. The lowest BCUT2D eigenvalue weighted by atomic mass is 10.1. The number of nitrogens with zero attached hydrogens (tertiary/aromatic N) is 4. The Kier molecular flexibility index (Phi) is 6.09. The summed E-state index contributed by atoms with van der Waals surface area (Å²) < 4.78 is 31.5. The summed E-state index contributed by atoms with van der Waals surface area (Å²) in [4.78, 5) is 34.4. The Hall–Kier alpha value is -2.33. The standard InChI is InChI=1S/C18H25F2N5O3/c1-18(16(19)20)12-25(9-10-28-18)17(27)22-13-3-4-21-14(11-13)15(26)24-7-5-23(2)6-8-24/h3-4,11,16H,5-10,12H2,1-2H3,(H,21,22,27). The zero-order chi connectivity index (χ0) is 20.3. The van der Waals surface area contributed by atoms with Gasteiger partial charge in [-0.15, -0.1) is 0 Å². The molecule has 3 amide bonds. The van der Waals surface area contributed by atoms with E-state index in [4.69, 9.17) is 4.74 Å². The fourth-order valence-corrected chi connectivity index (χ4v) is 3.20. The number of aromatic nitrogens is 1. The number of ether oxygens (including phenoxy) is 1. The second-order valence-electron chi connectivity index (χ2n) is 7.34. The van der Waals surface area contributed by atoms with Gasteiger partial charge in [0.05, 0.1) is 13.2 Å². The predicted octanol–water partition coefficient (Wildman–Crippen LogP) is 1.36. The van der Waals surface area contributed by atoms with Crippen molar-refractivity contribution >= 4 is 17.6 Å². The van der Waals surface area contributed by atoms with E-state index in [-0.39, 0.29) is 31.3 Å². The molecule has 1 N–H and O–H groups in total.